The molecule has 0 unspecified atom stereocenters. The number of carbonyl (C=O) groups excluding carboxylic acids is 2. The van der Waals surface area contributed by atoms with Crippen LogP contribution in [0.1, 0.15) is 56.0 Å². The third-order valence-corrected chi connectivity index (χ3v) is 6.57. The number of carbonyl (C=O) groups is 2. The van der Waals surface area contributed by atoms with E-state index in [1.165, 1.54) is 11.8 Å². The minimum absolute atomic E-state index is 0.146. The Labute approximate surface area is 182 Å². The third-order valence-electron chi connectivity index (χ3n) is 5.41. The molecule has 1 fully saturated rings. The van der Waals surface area contributed by atoms with E-state index in [0.29, 0.717) is 16.0 Å². The van der Waals surface area contributed by atoms with Gasteiger partial charge < -0.3 is 9.64 Å². The highest BCUT2D eigenvalue weighted by Crippen LogP contribution is 2.33. The number of hydrogen-bond donors (Lipinski definition) is 0. The van der Waals surface area contributed by atoms with Crippen molar-refractivity contribution in [3.63, 3.8) is 0 Å². The highest BCUT2D eigenvalue weighted by Gasteiger charge is 2.33. The van der Waals surface area contributed by atoms with Gasteiger partial charge in [-0.3, -0.25) is 4.79 Å². The molecule has 1 heterocycles. The summed E-state index contributed by atoms with van der Waals surface area (Å²) in [6, 6.07) is 16.8. The summed E-state index contributed by atoms with van der Waals surface area (Å²) >= 11 is 1.34. The van der Waals surface area contributed by atoms with Crippen molar-refractivity contribution < 1.29 is 14.3 Å². The van der Waals surface area contributed by atoms with Crippen molar-refractivity contribution in [2.75, 3.05) is 0 Å². The van der Waals surface area contributed by atoms with Crippen LogP contribution in [0, 0.1) is 11.3 Å². The van der Waals surface area contributed by atoms with E-state index in [9.17, 15) is 14.9 Å². The lowest BCUT2D eigenvalue weighted by Crippen LogP contribution is -2.51. The maximum atomic E-state index is 13.0. The average molecular weight is 423 g/mol. The van der Waals surface area contributed by atoms with E-state index in [1.54, 1.807) is 31.2 Å². The lowest BCUT2D eigenvalue weighted by atomic mass is 9.97. The maximum absolute atomic E-state index is 13.0. The lowest BCUT2D eigenvalue weighted by molar-refractivity contribution is -0.146. The fraction of sp³-hybridized carbons (Fsp3) is 0.375. The van der Waals surface area contributed by atoms with Crippen LogP contribution in [-0.4, -0.2) is 35.0 Å². The van der Waals surface area contributed by atoms with Crippen molar-refractivity contribution in [3.8, 4) is 6.07 Å². The zero-order valence-corrected chi connectivity index (χ0v) is 18.3. The number of nitriles is 1. The standard InChI is InChI=1S/C24H26N2O3S/c1-16-9-8-10-17(2)26(16)23(27)18(3)29-24(28)20-12-5-7-14-22(20)30-21-13-6-4-11-19(21)15-25/h4-7,11-14,16-18H,8-10H2,1-3H3/t16-,17-,18+/m0/s1. The molecule has 2 aromatic rings. The molecule has 1 amide bonds. The average Bonchev–Trinajstić information content (AvgIpc) is 2.74. The molecule has 3 atom stereocenters. The molecule has 5 nitrogen and oxygen atoms in total. The van der Waals surface area contributed by atoms with Gasteiger partial charge >= 0.3 is 5.97 Å². The number of rotatable bonds is 5. The topological polar surface area (TPSA) is 70.4 Å². The summed E-state index contributed by atoms with van der Waals surface area (Å²) in [6.45, 7) is 5.72. The minimum atomic E-state index is -0.857. The van der Waals surface area contributed by atoms with Gasteiger partial charge in [-0.15, -0.1) is 0 Å². The molecule has 0 N–H and O–H groups in total. The monoisotopic (exact) mass is 422 g/mol. The second-order valence-electron chi connectivity index (χ2n) is 7.63. The Morgan fingerprint density at radius 2 is 1.67 bits per heavy atom. The Morgan fingerprint density at radius 3 is 2.33 bits per heavy atom. The van der Waals surface area contributed by atoms with Crippen LogP contribution in [0.2, 0.25) is 0 Å². The zero-order valence-electron chi connectivity index (χ0n) is 17.5. The van der Waals surface area contributed by atoms with E-state index in [0.717, 1.165) is 24.2 Å². The van der Waals surface area contributed by atoms with Crippen LogP contribution < -0.4 is 0 Å². The molecule has 1 aliphatic heterocycles. The van der Waals surface area contributed by atoms with Crippen molar-refractivity contribution in [1.82, 2.24) is 4.90 Å². The number of amides is 1. The van der Waals surface area contributed by atoms with E-state index < -0.39 is 12.1 Å². The van der Waals surface area contributed by atoms with Gasteiger partial charge in [-0.1, -0.05) is 36.0 Å². The molecule has 1 aliphatic rings. The summed E-state index contributed by atoms with van der Waals surface area (Å²) in [4.78, 5) is 29.2. The Kier molecular flexibility index (Phi) is 7.17. The van der Waals surface area contributed by atoms with Crippen molar-refractivity contribution in [2.45, 2.75) is 68.0 Å². The molecule has 2 aromatic carbocycles. The van der Waals surface area contributed by atoms with Crippen LogP contribution in [0.25, 0.3) is 0 Å². The molecule has 6 heteroatoms. The van der Waals surface area contributed by atoms with Gasteiger partial charge in [-0.2, -0.15) is 5.26 Å². The number of hydrogen-bond acceptors (Lipinski definition) is 5. The van der Waals surface area contributed by atoms with E-state index in [2.05, 4.69) is 6.07 Å². The molecule has 0 aromatic heterocycles. The molecule has 1 saturated heterocycles. The summed E-state index contributed by atoms with van der Waals surface area (Å²) in [5, 5.41) is 9.32. The number of benzene rings is 2. The predicted molar refractivity (Wildman–Crippen MR) is 116 cm³/mol. The Hall–Kier alpha value is -2.78. The minimum Gasteiger partial charge on any atom is -0.449 e. The van der Waals surface area contributed by atoms with Gasteiger partial charge in [-0.05, 0) is 64.3 Å². The maximum Gasteiger partial charge on any atom is 0.340 e. The van der Waals surface area contributed by atoms with Crippen LogP contribution in [0.3, 0.4) is 0 Å². The number of nitrogens with zero attached hydrogens (tertiary/aromatic N) is 2. The molecule has 0 saturated carbocycles. The lowest BCUT2D eigenvalue weighted by Gasteiger charge is -2.40. The molecule has 0 radical (unpaired) electrons. The second-order valence-corrected chi connectivity index (χ2v) is 8.71. The molecule has 0 bridgehead atoms. The normalized spacial score (nSPS) is 19.6. The van der Waals surface area contributed by atoms with E-state index in [-0.39, 0.29) is 18.0 Å². The summed E-state index contributed by atoms with van der Waals surface area (Å²) in [6.07, 6.45) is 2.18. The zero-order chi connectivity index (χ0) is 21.7. The fourth-order valence-corrected chi connectivity index (χ4v) is 4.85. The Bertz CT molecular complexity index is 959. The molecule has 156 valence electrons. The smallest absolute Gasteiger partial charge is 0.340 e. The van der Waals surface area contributed by atoms with Crippen molar-refractivity contribution in [3.05, 3.63) is 59.7 Å². The number of likely N-dealkylation sites (tertiary alicyclic amines) is 1. The van der Waals surface area contributed by atoms with Crippen LogP contribution >= 0.6 is 11.8 Å². The molecule has 30 heavy (non-hydrogen) atoms. The quantitative estimate of drug-likeness (QED) is 0.631. The van der Waals surface area contributed by atoms with Crippen LogP contribution in [-0.2, 0) is 9.53 Å². The summed E-state index contributed by atoms with van der Waals surface area (Å²) in [7, 11) is 0. The first-order valence-electron chi connectivity index (χ1n) is 10.2. The fourth-order valence-electron chi connectivity index (χ4n) is 3.83. The van der Waals surface area contributed by atoms with E-state index in [1.807, 2.05) is 43.0 Å². The summed E-state index contributed by atoms with van der Waals surface area (Å²) in [5.41, 5.74) is 0.928. The third kappa shape index (κ3) is 4.85. The number of esters is 1. The molecule has 0 aliphatic carbocycles. The van der Waals surface area contributed by atoms with Gasteiger partial charge in [-0.25, -0.2) is 4.79 Å². The van der Waals surface area contributed by atoms with E-state index in [4.69, 9.17) is 4.74 Å². The highest BCUT2D eigenvalue weighted by atomic mass is 32.2. The van der Waals surface area contributed by atoms with Gasteiger partial charge in [0.05, 0.1) is 11.1 Å². The SMILES string of the molecule is C[C@@H](OC(=O)c1ccccc1Sc1ccccc1C#N)C(=O)N1[C@@H](C)CCC[C@@H]1C. The predicted octanol–water partition coefficient (Wildman–Crippen LogP) is 5.04. The first kappa shape index (κ1) is 21.9. The summed E-state index contributed by atoms with van der Waals surface area (Å²) in [5.74, 6) is -0.686. The second kappa shape index (κ2) is 9.82. The molecule has 0 spiro atoms. The molecular weight excluding hydrogens is 396 g/mol. The highest BCUT2D eigenvalue weighted by molar-refractivity contribution is 7.99. The number of ether oxygens (including phenoxy) is 1. The first-order chi connectivity index (χ1) is 14.4. The van der Waals surface area contributed by atoms with E-state index >= 15 is 0 Å². The summed E-state index contributed by atoms with van der Waals surface area (Å²) < 4.78 is 5.57. The van der Waals surface area contributed by atoms with Gasteiger partial charge in [0, 0.05) is 21.9 Å². The van der Waals surface area contributed by atoms with Crippen molar-refractivity contribution >= 4 is 23.6 Å². The Morgan fingerprint density at radius 1 is 1.07 bits per heavy atom. The first-order valence-corrected chi connectivity index (χ1v) is 11.0. The van der Waals surface area contributed by atoms with Gasteiger partial charge in [0.2, 0.25) is 0 Å². The van der Waals surface area contributed by atoms with Crippen molar-refractivity contribution in [2.24, 2.45) is 0 Å². The van der Waals surface area contributed by atoms with Crippen molar-refractivity contribution in [1.29, 1.82) is 5.26 Å². The largest absolute Gasteiger partial charge is 0.449 e. The van der Waals surface area contributed by atoms with Crippen LogP contribution in [0.5, 0.6) is 0 Å². The van der Waals surface area contributed by atoms with Gasteiger partial charge in [0.15, 0.2) is 6.10 Å². The van der Waals surface area contributed by atoms with Gasteiger partial charge in [0.1, 0.15) is 6.07 Å². The van der Waals surface area contributed by atoms with Crippen LogP contribution in [0.4, 0.5) is 0 Å². The molecule has 3 rings (SSSR count). The Balaban J connectivity index is 1.76. The van der Waals surface area contributed by atoms with Gasteiger partial charge in [0.25, 0.3) is 5.91 Å². The van der Waals surface area contributed by atoms with Crippen LogP contribution in [0.15, 0.2) is 58.3 Å². The number of piperidine rings is 1. The molecular formula is C24H26N2O3S.